The summed E-state index contributed by atoms with van der Waals surface area (Å²) in [6.45, 7) is 0. The number of ether oxygens (including phenoxy) is 1. The Bertz CT molecular complexity index is 1220. The number of halogens is 5. The SMILES string of the molecule is COc1cccc(F)c1-c1nc2cccc(C(F)(F)F)n2c1Nc1ccc(F)cc1. The largest absolute Gasteiger partial charge is 0.496 e. The van der Waals surface area contributed by atoms with Gasteiger partial charge in [-0.2, -0.15) is 13.2 Å². The average Bonchev–Trinajstić information content (AvgIpc) is 3.06. The van der Waals surface area contributed by atoms with Gasteiger partial charge >= 0.3 is 6.18 Å². The van der Waals surface area contributed by atoms with Gasteiger partial charge in [-0.1, -0.05) is 12.1 Å². The molecule has 0 aliphatic heterocycles. The zero-order valence-corrected chi connectivity index (χ0v) is 15.5. The number of fused-ring (bicyclic) bond motifs is 1. The first-order valence-electron chi connectivity index (χ1n) is 8.73. The van der Waals surface area contributed by atoms with Crippen molar-refractivity contribution in [2.24, 2.45) is 0 Å². The Kier molecular flexibility index (Phi) is 4.81. The summed E-state index contributed by atoms with van der Waals surface area (Å²) >= 11 is 0. The van der Waals surface area contributed by atoms with E-state index in [0.717, 1.165) is 28.7 Å². The molecule has 0 atom stereocenters. The van der Waals surface area contributed by atoms with E-state index in [-0.39, 0.29) is 28.5 Å². The second-order valence-electron chi connectivity index (χ2n) is 6.36. The van der Waals surface area contributed by atoms with Crippen LogP contribution in [0.2, 0.25) is 0 Å². The summed E-state index contributed by atoms with van der Waals surface area (Å²) in [7, 11) is 1.32. The van der Waals surface area contributed by atoms with Crippen LogP contribution >= 0.6 is 0 Å². The zero-order chi connectivity index (χ0) is 21.5. The van der Waals surface area contributed by atoms with E-state index in [1.165, 1.54) is 43.5 Å². The number of nitrogens with zero attached hydrogens (tertiary/aromatic N) is 2. The van der Waals surface area contributed by atoms with Crippen LogP contribution in [0.15, 0.2) is 60.7 Å². The molecule has 30 heavy (non-hydrogen) atoms. The predicted molar refractivity (Wildman–Crippen MR) is 102 cm³/mol. The third-order valence-corrected chi connectivity index (χ3v) is 4.47. The lowest BCUT2D eigenvalue weighted by Crippen LogP contribution is -2.12. The van der Waals surface area contributed by atoms with Crippen molar-refractivity contribution in [3.63, 3.8) is 0 Å². The molecule has 0 fully saturated rings. The highest BCUT2D eigenvalue weighted by Gasteiger charge is 2.35. The fourth-order valence-electron chi connectivity index (χ4n) is 3.18. The van der Waals surface area contributed by atoms with Crippen LogP contribution < -0.4 is 10.1 Å². The van der Waals surface area contributed by atoms with Crippen LogP contribution in [0.5, 0.6) is 5.75 Å². The van der Waals surface area contributed by atoms with Crippen LogP contribution in [-0.4, -0.2) is 16.5 Å². The molecule has 0 unspecified atom stereocenters. The lowest BCUT2D eigenvalue weighted by molar-refractivity contribution is -0.141. The van der Waals surface area contributed by atoms with E-state index >= 15 is 0 Å². The molecule has 154 valence electrons. The van der Waals surface area contributed by atoms with Gasteiger partial charge in [0.2, 0.25) is 0 Å². The standard InChI is InChI=1S/C21H14F5N3O/c1-30-15-5-2-4-14(23)18(15)19-20(27-13-10-8-12(22)9-11-13)29-16(21(24,25)26)6-3-7-17(29)28-19/h2-11,27H,1H3. The molecule has 2 aromatic heterocycles. The number of hydrogen-bond donors (Lipinski definition) is 1. The van der Waals surface area contributed by atoms with Crippen molar-refractivity contribution < 1.29 is 26.7 Å². The number of methoxy groups -OCH3 is 1. The number of nitrogens with one attached hydrogen (secondary N) is 1. The number of benzene rings is 2. The van der Waals surface area contributed by atoms with Crippen LogP contribution in [0.4, 0.5) is 33.5 Å². The number of pyridine rings is 1. The molecule has 2 aromatic carbocycles. The maximum Gasteiger partial charge on any atom is 0.431 e. The molecule has 2 heterocycles. The molecular formula is C21H14F5N3O. The summed E-state index contributed by atoms with van der Waals surface area (Å²) in [6, 6.07) is 12.6. The Morgan fingerprint density at radius 1 is 0.933 bits per heavy atom. The van der Waals surface area contributed by atoms with E-state index in [1.807, 2.05) is 0 Å². The van der Waals surface area contributed by atoms with Gasteiger partial charge in [-0.25, -0.2) is 13.8 Å². The van der Waals surface area contributed by atoms with E-state index in [0.29, 0.717) is 5.69 Å². The Morgan fingerprint density at radius 2 is 1.63 bits per heavy atom. The number of aromatic nitrogens is 2. The van der Waals surface area contributed by atoms with Gasteiger partial charge in [0.25, 0.3) is 0 Å². The summed E-state index contributed by atoms with van der Waals surface area (Å²) in [5.74, 6) is -1.25. The molecule has 4 rings (SSSR count). The van der Waals surface area contributed by atoms with Crippen molar-refractivity contribution in [3.05, 3.63) is 78.0 Å². The van der Waals surface area contributed by atoms with Crippen molar-refractivity contribution in [1.29, 1.82) is 0 Å². The van der Waals surface area contributed by atoms with Crippen LogP contribution in [-0.2, 0) is 6.18 Å². The van der Waals surface area contributed by atoms with Gasteiger partial charge in [0, 0.05) is 5.69 Å². The topological polar surface area (TPSA) is 38.6 Å². The number of hydrogen-bond acceptors (Lipinski definition) is 3. The quantitative estimate of drug-likeness (QED) is 0.409. The molecule has 0 aliphatic carbocycles. The molecule has 0 amide bonds. The number of imidazole rings is 1. The fourth-order valence-corrected chi connectivity index (χ4v) is 3.18. The minimum Gasteiger partial charge on any atom is -0.496 e. The van der Waals surface area contributed by atoms with E-state index in [2.05, 4.69) is 10.3 Å². The molecule has 0 saturated heterocycles. The molecule has 0 aliphatic rings. The van der Waals surface area contributed by atoms with Crippen molar-refractivity contribution in [1.82, 2.24) is 9.38 Å². The summed E-state index contributed by atoms with van der Waals surface area (Å²) in [5, 5.41) is 2.82. The minimum absolute atomic E-state index is 0.0465. The van der Waals surface area contributed by atoms with Crippen molar-refractivity contribution in [2.45, 2.75) is 6.18 Å². The lowest BCUT2D eigenvalue weighted by atomic mass is 10.1. The van der Waals surface area contributed by atoms with Gasteiger partial charge in [0.15, 0.2) is 0 Å². The van der Waals surface area contributed by atoms with Gasteiger partial charge < -0.3 is 10.1 Å². The second-order valence-corrected chi connectivity index (χ2v) is 6.36. The molecule has 1 N–H and O–H groups in total. The number of anilines is 2. The van der Waals surface area contributed by atoms with Gasteiger partial charge in [-0.05, 0) is 48.5 Å². The Morgan fingerprint density at radius 3 is 2.30 bits per heavy atom. The molecule has 0 bridgehead atoms. The Labute approximate surface area is 167 Å². The van der Waals surface area contributed by atoms with Crippen LogP contribution in [0.3, 0.4) is 0 Å². The fraction of sp³-hybridized carbons (Fsp3) is 0.0952. The third kappa shape index (κ3) is 3.42. The monoisotopic (exact) mass is 419 g/mol. The minimum atomic E-state index is -4.70. The van der Waals surface area contributed by atoms with Gasteiger partial charge in [-0.15, -0.1) is 0 Å². The second kappa shape index (κ2) is 7.33. The van der Waals surface area contributed by atoms with E-state index < -0.39 is 23.5 Å². The van der Waals surface area contributed by atoms with Crippen LogP contribution in [0, 0.1) is 11.6 Å². The number of alkyl halides is 3. The normalized spacial score (nSPS) is 11.7. The summed E-state index contributed by atoms with van der Waals surface area (Å²) in [4.78, 5) is 4.25. The van der Waals surface area contributed by atoms with Gasteiger partial charge in [0.05, 0.1) is 12.7 Å². The maximum absolute atomic E-state index is 14.7. The molecule has 4 nitrogen and oxygen atoms in total. The zero-order valence-electron chi connectivity index (χ0n) is 15.5. The number of rotatable bonds is 4. The molecule has 0 spiro atoms. The van der Waals surface area contributed by atoms with E-state index in [9.17, 15) is 22.0 Å². The van der Waals surface area contributed by atoms with Crippen molar-refractivity contribution in [2.75, 3.05) is 12.4 Å². The van der Waals surface area contributed by atoms with Crippen LogP contribution in [0.1, 0.15) is 5.69 Å². The van der Waals surface area contributed by atoms with Gasteiger partial charge in [-0.3, -0.25) is 4.40 Å². The molecule has 0 radical (unpaired) electrons. The first kappa shape index (κ1) is 19.7. The maximum atomic E-state index is 14.7. The molecule has 0 saturated carbocycles. The van der Waals surface area contributed by atoms with Crippen LogP contribution in [0.25, 0.3) is 16.9 Å². The van der Waals surface area contributed by atoms with Gasteiger partial charge in [0.1, 0.15) is 40.2 Å². The van der Waals surface area contributed by atoms with Crippen molar-refractivity contribution >= 4 is 17.2 Å². The average molecular weight is 419 g/mol. The highest BCUT2D eigenvalue weighted by molar-refractivity contribution is 5.83. The molecule has 9 heteroatoms. The first-order chi connectivity index (χ1) is 14.3. The first-order valence-corrected chi connectivity index (χ1v) is 8.73. The van der Waals surface area contributed by atoms with Crippen molar-refractivity contribution in [3.8, 4) is 17.0 Å². The molecule has 4 aromatic rings. The highest BCUT2D eigenvalue weighted by Crippen LogP contribution is 2.41. The lowest BCUT2D eigenvalue weighted by Gasteiger charge is -2.15. The third-order valence-electron chi connectivity index (χ3n) is 4.47. The summed E-state index contributed by atoms with van der Waals surface area (Å²) in [5.41, 5.74) is -0.924. The highest BCUT2D eigenvalue weighted by atomic mass is 19.4. The Balaban J connectivity index is 2.05. The van der Waals surface area contributed by atoms with E-state index in [4.69, 9.17) is 4.74 Å². The smallest absolute Gasteiger partial charge is 0.431 e. The molecular weight excluding hydrogens is 405 g/mol. The summed E-state index contributed by atoms with van der Waals surface area (Å²) < 4.78 is 75.2. The Hall–Kier alpha value is -3.62. The predicted octanol–water partition coefficient (Wildman–Crippen LogP) is 6.05. The van der Waals surface area contributed by atoms with E-state index in [1.54, 1.807) is 0 Å². The summed E-state index contributed by atoms with van der Waals surface area (Å²) in [6.07, 6.45) is -4.70.